The second kappa shape index (κ2) is 4.74. The summed E-state index contributed by atoms with van der Waals surface area (Å²) in [5.74, 6) is -3.13. The summed E-state index contributed by atoms with van der Waals surface area (Å²) in [4.78, 5) is 10.7. The molecule has 0 amide bonds. The van der Waals surface area contributed by atoms with Crippen molar-refractivity contribution in [2.24, 2.45) is 0 Å². The Balaban J connectivity index is 2.58. The minimum absolute atomic E-state index is 0.00283. The molecule has 0 radical (unpaired) electrons. The van der Waals surface area contributed by atoms with Gasteiger partial charge >= 0.3 is 5.97 Å². The Labute approximate surface area is 106 Å². The molecule has 0 bridgehead atoms. The van der Waals surface area contributed by atoms with Gasteiger partial charge in [-0.15, -0.1) is 0 Å². The summed E-state index contributed by atoms with van der Waals surface area (Å²) >= 11 is 5.88. The zero-order valence-electron chi connectivity index (χ0n) is 8.95. The van der Waals surface area contributed by atoms with E-state index in [1.54, 1.807) is 0 Å². The van der Waals surface area contributed by atoms with Crippen molar-refractivity contribution < 1.29 is 18.7 Å². The molecule has 0 saturated heterocycles. The van der Waals surface area contributed by atoms with E-state index in [2.05, 4.69) is 0 Å². The molecule has 2 aromatic carbocycles. The van der Waals surface area contributed by atoms with Crippen LogP contribution in [0.1, 0.15) is 10.4 Å². The third-order valence-electron chi connectivity index (χ3n) is 2.46. The Morgan fingerprint density at radius 1 is 1.11 bits per heavy atom. The van der Waals surface area contributed by atoms with Crippen LogP contribution in [0.25, 0.3) is 11.1 Å². The van der Waals surface area contributed by atoms with Gasteiger partial charge in [0.25, 0.3) is 0 Å². The summed E-state index contributed by atoms with van der Waals surface area (Å²) in [6, 6.07) is 7.56. The van der Waals surface area contributed by atoms with Crippen molar-refractivity contribution in [2.75, 3.05) is 0 Å². The van der Waals surface area contributed by atoms with Crippen LogP contribution in [0.2, 0.25) is 5.02 Å². The third-order valence-corrected chi connectivity index (χ3v) is 2.77. The number of aromatic carboxylic acids is 1. The molecule has 0 unspecified atom stereocenters. The number of carboxylic acid groups (broad SMARTS) is 1. The molecule has 0 spiro atoms. The van der Waals surface area contributed by atoms with Crippen molar-refractivity contribution in [3.63, 3.8) is 0 Å². The Kier molecular flexibility index (Phi) is 3.30. The quantitative estimate of drug-likeness (QED) is 0.894. The molecule has 2 aromatic rings. The van der Waals surface area contributed by atoms with Crippen LogP contribution in [-0.4, -0.2) is 11.1 Å². The molecule has 0 atom stereocenters. The maximum Gasteiger partial charge on any atom is 0.335 e. The van der Waals surface area contributed by atoms with Crippen molar-refractivity contribution in [2.45, 2.75) is 0 Å². The Morgan fingerprint density at radius 3 is 2.44 bits per heavy atom. The van der Waals surface area contributed by atoms with Crippen LogP contribution >= 0.6 is 11.6 Å². The summed E-state index contributed by atoms with van der Waals surface area (Å²) in [5.41, 5.74) is 0.233. The minimum Gasteiger partial charge on any atom is -0.478 e. The normalized spacial score (nSPS) is 10.4. The lowest BCUT2D eigenvalue weighted by atomic mass is 10.0. The number of hydrogen-bond donors (Lipinski definition) is 1. The minimum atomic E-state index is -1.14. The first-order valence-corrected chi connectivity index (χ1v) is 5.35. The monoisotopic (exact) mass is 268 g/mol. The highest BCUT2D eigenvalue weighted by Crippen LogP contribution is 2.31. The predicted molar refractivity (Wildman–Crippen MR) is 63.8 cm³/mol. The molecule has 1 N–H and O–H groups in total. The van der Waals surface area contributed by atoms with Gasteiger partial charge in [0.1, 0.15) is 0 Å². The number of carboxylic acids is 1. The molecule has 2 nitrogen and oxygen atoms in total. The predicted octanol–water partition coefficient (Wildman–Crippen LogP) is 3.98. The number of carbonyl (C=O) groups is 1. The first kappa shape index (κ1) is 12.5. The van der Waals surface area contributed by atoms with E-state index in [0.717, 1.165) is 6.07 Å². The molecule has 0 saturated carbocycles. The number of halogens is 3. The molecule has 0 aromatic heterocycles. The van der Waals surface area contributed by atoms with Crippen molar-refractivity contribution in [1.29, 1.82) is 0 Å². The lowest BCUT2D eigenvalue weighted by Crippen LogP contribution is -1.97. The Hall–Kier alpha value is -1.94. The van der Waals surface area contributed by atoms with Crippen molar-refractivity contribution in [3.05, 3.63) is 58.6 Å². The smallest absolute Gasteiger partial charge is 0.335 e. The van der Waals surface area contributed by atoms with Crippen LogP contribution in [0.15, 0.2) is 36.4 Å². The molecular weight excluding hydrogens is 262 g/mol. The average molecular weight is 269 g/mol. The van der Waals surface area contributed by atoms with Gasteiger partial charge in [-0.2, -0.15) is 0 Å². The van der Waals surface area contributed by atoms with E-state index in [9.17, 15) is 13.6 Å². The average Bonchev–Trinajstić information content (AvgIpc) is 2.33. The van der Waals surface area contributed by atoms with Crippen molar-refractivity contribution in [3.8, 4) is 11.1 Å². The highest BCUT2D eigenvalue weighted by Gasteiger charge is 2.14. The van der Waals surface area contributed by atoms with Gasteiger partial charge in [-0.1, -0.05) is 29.8 Å². The van der Waals surface area contributed by atoms with Gasteiger partial charge in [-0.3, -0.25) is 0 Å². The standard InChI is InChI=1S/C13H7ClF2O2/c14-10-6-7(13(17)18)4-5-8(10)9-2-1-3-11(15)12(9)16/h1-6H,(H,17,18). The zero-order chi connectivity index (χ0) is 13.3. The molecule has 0 fully saturated rings. The Bertz CT molecular complexity index is 626. The van der Waals surface area contributed by atoms with Crippen LogP contribution in [0, 0.1) is 11.6 Å². The maximum absolute atomic E-state index is 13.6. The second-order valence-corrected chi connectivity index (χ2v) is 4.01. The fraction of sp³-hybridized carbons (Fsp3) is 0. The van der Waals surface area contributed by atoms with Gasteiger partial charge in [-0.05, 0) is 18.2 Å². The fourth-order valence-corrected chi connectivity index (χ4v) is 1.86. The molecule has 18 heavy (non-hydrogen) atoms. The zero-order valence-corrected chi connectivity index (χ0v) is 9.71. The number of hydrogen-bond acceptors (Lipinski definition) is 1. The van der Waals surface area contributed by atoms with Crippen molar-refractivity contribution >= 4 is 17.6 Å². The van der Waals surface area contributed by atoms with Crippen molar-refractivity contribution in [1.82, 2.24) is 0 Å². The molecular formula is C13H7ClF2O2. The van der Waals surface area contributed by atoms with Gasteiger partial charge in [-0.25, -0.2) is 13.6 Å². The third kappa shape index (κ3) is 2.19. The summed E-state index contributed by atoms with van der Waals surface area (Å²) in [6.45, 7) is 0. The lowest BCUT2D eigenvalue weighted by molar-refractivity contribution is 0.0697. The van der Waals surface area contributed by atoms with Gasteiger partial charge < -0.3 is 5.11 Å². The van der Waals surface area contributed by atoms with E-state index in [4.69, 9.17) is 16.7 Å². The summed E-state index contributed by atoms with van der Waals surface area (Å²) in [7, 11) is 0. The van der Waals surface area contributed by atoms with E-state index in [1.165, 1.54) is 30.3 Å². The molecule has 5 heteroatoms. The Morgan fingerprint density at radius 2 is 1.83 bits per heavy atom. The van der Waals surface area contributed by atoms with Crippen LogP contribution in [-0.2, 0) is 0 Å². The van der Waals surface area contributed by atoms with E-state index >= 15 is 0 Å². The van der Waals surface area contributed by atoms with Gasteiger partial charge in [0.2, 0.25) is 0 Å². The van der Waals surface area contributed by atoms with Gasteiger partial charge in [0, 0.05) is 16.1 Å². The maximum atomic E-state index is 13.6. The molecule has 0 heterocycles. The topological polar surface area (TPSA) is 37.3 Å². The summed E-state index contributed by atoms with van der Waals surface area (Å²) in [5, 5.41) is 8.83. The van der Waals surface area contributed by atoms with E-state index in [0.29, 0.717) is 0 Å². The van der Waals surface area contributed by atoms with Crippen LogP contribution in [0.3, 0.4) is 0 Å². The molecule has 0 aliphatic carbocycles. The largest absolute Gasteiger partial charge is 0.478 e. The first-order valence-electron chi connectivity index (χ1n) is 4.98. The number of benzene rings is 2. The molecule has 2 rings (SSSR count). The SMILES string of the molecule is O=C(O)c1ccc(-c2cccc(F)c2F)c(Cl)c1. The van der Waals surface area contributed by atoms with Crippen LogP contribution < -0.4 is 0 Å². The summed E-state index contributed by atoms with van der Waals surface area (Å²) < 4.78 is 26.7. The molecule has 92 valence electrons. The van der Waals surface area contributed by atoms with E-state index in [-0.39, 0.29) is 21.7 Å². The first-order chi connectivity index (χ1) is 8.50. The molecule has 0 aliphatic heterocycles. The number of rotatable bonds is 2. The summed E-state index contributed by atoms with van der Waals surface area (Å²) in [6.07, 6.45) is 0. The fourth-order valence-electron chi connectivity index (χ4n) is 1.58. The highest BCUT2D eigenvalue weighted by atomic mass is 35.5. The van der Waals surface area contributed by atoms with Crippen LogP contribution in [0.4, 0.5) is 8.78 Å². The van der Waals surface area contributed by atoms with Gasteiger partial charge in [0.05, 0.1) is 5.56 Å². The second-order valence-electron chi connectivity index (χ2n) is 3.60. The van der Waals surface area contributed by atoms with Gasteiger partial charge in [0.15, 0.2) is 11.6 Å². The van der Waals surface area contributed by atoms with E-state index < -0.39 is 17.6 Å². The molecule has 0 aliphatic rings. The van der Waals surface area contributed by atoms with Crippen LogP contribution in [0.5, 0.6) is 0 Å². The highest BCUT2D eigenvalue weighted by molar-refractivity contribution is 6.33. The lowest BCUT2D eigenvalue weighted by Gasteiger charge is -2.07. The van der Waals surface area contributed by atoms with E-state index in [1.807, 2.05) is 0 Å².